The highest BCUT2D eigenvalue weighted by atomic mass is 32.2. The second-order valence-corrected chi connectivity index (χ2v) is 6.82. The van der Waals surface area contributed by atoms with Gasteiger partial charge in [0.1, 0.15) is 0 Å². The third-order valence-electron chi connectivity index (χ3n) is 3.88. The average molecular weight is 337 g/mol. The van der Waals surface area contributed by atoms with Crippen molar-refractivity contribution in [2.45, 2.75) is 32.4 Å². The van der Waals surface area contributed by atoms with Crippen LogP contribution in [0, 0.1) is 0 Å². The van der Waals surface area contributed by atoms with Crippen molar-refractivity contribution in [1.82, 2.24) is 15.5 Å². The maximum Gasteiger partial charge on any atom is 0.191 e. The van der Waals surface area contributed by atoms with E-state index in [9.17, 15) is 0 Å². The van der Waals surface area contributed by atoms with E-state index in [0.717, 1.165) is 25.6 Å². The lowest BCUT2D eigenvalue weighted by atomic mass is 10.2. The zero-order valence-corrected chi connectivity index (χ0v) is 15.8. The van der Waals surface area contributed by atoms with Crippen LogP contribution in [0.2, 0.25) is 0 Å². The molecule has 1 aromatic carbocycles. The van der Waals surface area contributed by atoms with E-state index in [0.29, 0.717) is 6.04 Å². The van der Waals surface area contributed by atoms with Crippen LogP contribution in [0.4, 0.5) is 0 Å². The van der Waals surface area contributed by atoms with E-state index < -0.39 is 0 Å². The molecule has 0 radical (unpaired) electrons. The van der Waals surface area contributed by atoms with Gasteiger partial charge in [0, 0.05) is 32.7 Å². The first kappa shape index (κ1) is 19.8. The fraction of sp³-hybridized carbons (Fsp3) is 0.611. The van der Waals surface area contributed by atoms with Gasteiger partial charge in [-0.25, -0.2) is 0 Å². The fourth-order valence-electron chi connectivity index (χ4n) is 2.23. The Bertz CT molecular complexity index is 436. The van der Waals surface area contributed by atoms with Crippen molar-refractivity contribution in [3.63, 3.8) is 0 Å². The van der Waals surface area contributed by atoms with Crippen molar-refractivity contribution in [1.29, 1.82) is 0 Å². The normalized spacial score (nSPS) is 13.2. The maximum atomic E-state index is 4.29. The molecule has 1 unspecified atom stereocenters. The average Bonchev–Trinajstić information content (AvgIpc) is 2.58. The summed E-state index contributed by atoms with van der Waals surface area (Å²) in [5, 5.41) is 6.80. The molecule has 130 valence electrons. The Morgan fingerprint density at radius 2 is 1.96 bits per heavy atom. The van der Waals surface area contributed by atoms with Gasteiger partial charge < -0.3 is 10.6 Å². The third-order valence-corrected chi connectivity index (χ3v) is 4.58. The summed E-state index contributed by atoms with van der Waals surface area (Å²) in [5.74, 6) is 2.13. The molecular formula is C18H32N4S. The first-order valence-corrected chi connectivity index (χ1v) is 9.74. The van der Waals surface area contributed by atoms with Crippen LogP contribution in [0.15, 0.2) is 35.3 Å². The van der Waals surface area contributed by atoms with Crippen molar-refractivity contribution in [2.24, 2.45) is 4.99 Å². The summed E-state index contributed by atoms with van der Waals surface area (Å²) < 4.78 is 0. The first-order valence-electron chi connectivity index (χ1n) is 8.35. The molecule has 0 aliphatic carbocycles. The van der Waals surface area contributed by atoms with Crippen LogP contribution < -0.4 is 10.6 Å². The Labute approximate surface area is 146 Å². The van der Waals surface area contributed by atoms with Crippen molar-refractivity contribution in [2.75, 3.05) is 39.2 Å². The van der Waals surface area contributed by atoms with Crippen LogP contribution in [0.3, 0.4) is 0 Å². The van der Waals surface area contributed by atoms with Crippen LogP contribution in [0.1, 0.15) is 25.3 Å². The second-order valence-electron chi connectivity index (χ2n) is 5.83. The van der Waals surface area contributed by atoms with Crippen molar-refractivity contribution in [3.8, 4) is 0 Å². The van der Waals surface area contributed by atoms with E-state index in [-0.39, 0.29) is 0 Å². The van der Waals surface area contributed by atoms with Crippen LogP contribution in [-0.2, 0) is 6.54 Å². The molecule has 0 aliphatic heterocycles. The van der Waals surface area contributed by atoms with Crippen LogP contribution >= 0.6 is 11.8 Å². The summed E-state index contributed by atoms with van der Waals surface area (Å²) in [7, 11) is 3.99. The highest BCUT2D eigenvalue weighted by Crippen LogP contribution is 2.05. The van der Waals surface area contributed by atoms with Gasteiger partial charge in [-0.15, -0.1) is 0 Å². The van der Waals surface area contributed by atoms with E-state index in [1.165, 1.54) is 24.2 Å². The molecule has 5 heteroatoms. The van der Waals surface area contributed by atoms with Gasteiger partial charge in [-0.1, -0.05) is 30.3 Å². The number of benzene rings is 1. The minimum atomic E-state index is 0.435. The monoisotopic (exact) mass is 336 g/mol. The van der Waals surface area contributed by atoms with Gasteiger partial charge in [0.15, 0.2) is 5.96 Å². The highest BCUT2D eigenvalue weighted by Gasteiger charge is 2.10. The Morgan fingerprint density at radius 3 is 2.61 bits per heavy atom. The third kappa shape index (κ3) is 8.86. The van der Waals surface area contributed by atoms with E-state index in [1.54, 1.807) is 0 Å². The molecule has 2 N–H and O–H groups in total. The number of likely N-dealkylation sites (N-methyl/N-ethyl adjacent to an activating group) is 1. The van der Waals surface area contributed by atoms with Gasteiger partial charge >= 0.3 is 0 Å². The zero-order chi connectivity index (χ0) is 16.9. The number of thioether (sulfide) groups is 1. The molecule has 1 rings (SSSR count). The van der Waals surface area contributed by atoms with E-state index >= 15 is 0 Å². The zero-order valence-electron chi connectivity index (χ0n) is 15.0. The Kier molecular flexibility index (Phi) is 10.6. The number of nitrogens with zero attached hydrogens (tertiary/aromatic N) is 2. The maximum absolute atomic E-state index is 4.29. The van der Waals surface area contributed by atoms with Crippen LogP contribution in [0.5, 0.6) is 0 Å². The van der Waals surface area contributed by atoms with Crippen LogP contribution in [-0.4, -0.2) is 56.1 Å². The molecule has 0 bridgehead atoms. The summed E-state index contributed by atoms with van der Waals surface area (Å²) in [6, 6.07) is 11.0. The number of hydrogen-bond acceptors (Lipinski definition) is 3. The number of guanidine groups is 1. The molecule has 23 heavy (non-hydrogen) atoms. The summed E-state index contributed by atoms with van der Waals surface area (Å²) >= 11 is 1.91. The summed E-state index contributed by atoms with van der Waals surface area (Å²) in [4.78, 5) is 6.65. The lowest BCUT2D eigenvalue weighted by Crippen LogP contribution is -2.44. The smallest absolute Gasteiger partial charge is 0.191 e. The first-order chi connectivity index (χ1) is 11.2. The fourth-order valence-corrected chi connectivity index (χ4v) is 2.72. The summed E-state index contributed by atoms with van der Waals surface area (Å²) in [6.07, 6.45) is 4.59. The minimum absolute atomic E-state index is 0.435. The standard InChI is InChI=1S/C18H32N4S/c1-16(22(3)15-17-10-6-5-7-11-17)14-21-18(19-2)20-12-8-9-13-23-4/h5-7,10-11,16H,8-9,12-15H2,1-4H3,(H2,19,20,21). The second kappa shape index (κ2) is 12.3. The molecule has 1 aromatic rings. The molecule has 1 atom stereocenters. The van der Waals surface area contributed by atoms with Crippen molar-refractivity contribution in [3.05, 3.63) is 35.9 Å². The lowest BCUT2D eigenvalue weighted by Gasteiger charge is -2.25. The van der Waals surface area contributed by atoms with E-state index in [1.807, 2.05) is 18.8 Å². The summed E-state index contributed by atoms with van der Waals surface area (Å²) in [5.41, 5.74) is 1.35. The number of rotatable bonds is 10. The number of hydrogen-bond donors (Lipinski definition) is 2. The molecule has 0 saturated carbocycles. The Balaban J connectivity index is 2.25. The molecule has 0 aromatic heterocycles. The summed E-state index contributed by atoms with van der Waals surface area (Å²) in [6.45, 7) is 5.06. The van der Waals surface area contributed by atoms with Gasteiger partial charge in [0.25, 0.3) is 0 Å². The molecule has 0 amide bonds. The Morgan fingerprint density at radius 1 is 1.22 bits per heavy atom. The van der Waals surface area contributed by atoms with E-state index in [2.05, 4.69) is 71.1 Å². The van der Waals surface area contributed by atoms with Gasteiger partial charge in [-0.05, 0) is 44.4 Å². The minimum Gasteiger partial charge on any atom is -0.356 e. The number of aliphatic imine (C=N–C) groups is 1. The predicted molar refractivity (Wildman–Crippen MR) is 104 cm³/mol. The molecule has 0 fully saturated rings. The van der Waals surface area contributed by atoms with Gasteiger partial charge in [-0.3, -0.25) is 9.89 Å². The largest absolute Gasteiger partial charge is 0.356 e. The number of unbranched alkanes of at least 4 members (excludes halogenated alkanes) is 1. The molecule has 0 spiro atoms. The molecule has 4 nitrogen and oxygen atoms in total. The van der Waals surface area contributed by atoms with Gasteiger partial charge in [-0.2, -0.15) is 11.8 Å². The Hall–Kier alpha value is -1.20. The van der Waals surface area contributed by atoms with E-state index in [4.69, 9.17) is 0 Å². The van der Waals surface area contributed by atoms with Crippen molar-refractivity contribution < 1.29 is 0 Å². The SMILES string of the molecule is CN=C(NCCCCSC)NCC(C)N(C)Cc1ccccc1. The van der Waals surface area contributed by atoms with Gasteiger partial charge in [0.2, 0.25) is 0 Å². The molecular weight excluding hydrogens is 304 g/mol. The number of nitrogens with one attached hydrogen (secondary N) is 2. The van der Waals surface area contributed by atoms with Crippen LogP contribution in [0.25, 0.3) is 0 Å². The quantitative estimate of drug-likeness (QED) is 0.392. The van der Waals surface area contributed by atoms with Gasteiger partial charge in [0.05, 0.1) is 0 Å². The molecule has 0 aliphatic rings. The lowest BCUT2D eigenvalue weighted by molar-refractivity contribution is 0.249. The molecule has 0 heterocycles. The molecule has 0 saturated heterocycles. The topological polar surface area (TPSA) is 39.7 Å². The van der Waals surface area contributed by atoms with Crippen molar-refractivity contribution >= 4 is 17.7 Å². The highest BCUT2D eigenvalue weighted by molar-refractivity contribution is 7.98. The predicted octanol–water partition coefficient (Wildman–Crippen LogP) is 2.82.